The smallest absolute Gasteiger partial charge is 0.305 e. The summed E-state index contributed by atoms with van der Waals surface area (Å²) in [6, 6.07) is 2.59. The van der Waals surface area contributed by atoms with Crippen molar-refractivity contribution in [1.29, 1.82) is 0 Å². The first-order valence-corrected chi connectivity index (χ1v) is 4.04. The van der Waals surface area contributed by atoms with E-state index >= 15 is 0 Å². The number of nitrogens with two attached hydrogens (primary N) is 1. The Morgan fingerprint density at radius 2 is 2.36 bits per heavy atom. The Kier molecular flexibility index (Phi) is 2.81. The minimum atomic E-state index is -1.07. The van der Waals surface area contributed by atoms with Gasteiger partial charge in [-0.15, -0.1) is 0 Å². The fourth-order valence-electron chi connectivity index (χ4n) is 1.12. The zero-order chi connectivity index (χ0) is 10.8. The van der Waals surface area contributed by atoms with E-state index < -0.39 is 17.3 Å². The second-order valence-corrected chi connectivity index (χ2v) is 3.35. The van der Waals surface area contributed by atoms with E-state index in [-0.39, 0.29) is 6.42 Å². The molecule has 0 saturated heterocycles. The second kappa shape index (κ2) is 3.71. The van der Waals surface area contributed by atoms with Crippen LogP contribution in [0.1, 0.15) is 19.0 Å². The van der Waals surface area contributed by atoms with Crippen LogP contribution < -0.4 is 5.73 Å². The first-order chi connectivity index (χ1) is 6.42. The predicted molar refractivity (Wildman–Crippen MR) is 48.0 cm³/mol. The van der Waals surface area contributed by atoms with Crippen molar-refractivity contribution in [2.75, 3.05) is 0 Å². The molecule has 3 N–H and O–H groups in total. The average Bonchev–Trinajstić information content (AvgIpc) is 2.02. The van der Waals surface area contributed by atoms with Gasteiger partial charge in [0.1, 0.15) is 5.82 Å². The average molecular weight is 198 g/mol. The molecule has 0 aromatic carbocycles. The highest BCUT2D eigenvalue weighted by Gasteiger charge is 2.25. The zero-order valence-electron chi connectivity index (χ0n) is 7.70. The highest BCUT2D eigenvalue weighted by molar-refractivity contribution is 5.68. The molecule has 1 heterocycles. The van der Waals surface area contributed by atoms with Crippen molar-refractivity contribution in [2.45, 2.75) is 18.9 Å². The minimum Gasteiger partial charge on any atom is -0.481 e. The lowest BCUT2D eigenvalue weighted by molar-refractivity contribution is -0.138. The van der Waals surface area contributed by atoms with E-state index in [2.05, 4.69) is 4.98 Å². The molecule has 0 aliphatic carbocycles. The molecule has 0 aliphatic rings. The standard InChI is InChI=1S/C9H11FN2O2/c1-9(11,4-8(13)14)7-3-2-6(10)5-12-7/h2-3,5H,4,11H2,1H3,(H,13,14)/t9-/m0/s1. The number of pyridine rings is 1. The van der Waals surface area contributed by atoms with Gasteiger partial charge in [0.05, 0.1) is 23.9 Å². The molecule has 1 rings (SSSR count). The molecule has 0 aliphatic heterocycles. The van der Waals surface area contributed by atoms with Crippen LogP contribution in [0.25, 0.3) is 0 Å². The maximum absolute atomic E-state index is 12.5. The first kappa shape index (κ1) is 10.6. The molecule has 0 unspecified atom stereocenters. The predicted octanol–water partition coefficient (Wildman–Crippen LogP) is 0.869. The maximum Gasteiger partial charge on any atom is 0.305 e. The van der Waals surface area contributed by atoms with Crippen LogP contribution >= 0.6 is 0 Å². The molecule has 4 nitrogen and oxygen atoms in total. The van der Waals surface area contributed by atoms with E-state index in [1.807, 2.05) is 0 Å². The van der Waals surface area contributed by atoms with Crippen molar-refractivity contribution in [3.8, 4) is 0 Å². The van der Waals surface area contributed by atoms with Gasteiger partial charge in [-0.2, -0.15) is 0 Å². The first-order valence-electron chi connectivity index (χ1n) is 4.04. The van der Waals surface area contributed by atoms with Crippen LogP contribution in [-0.2, 0) is 10.3 Å². The summed E-state index contributed by atoms with van der Waals surface area (Å²) < 4.78 is 12.5. The summed E-state index contributed by atoms with van der Waals surface area (Å²) in [5.74, 6) is -1.49. The van der Waals surface area contributed by atoms with Crippen LogP contribution in [0.15, 0.2) is 18.3 Å². The van der Waals surface area contributed by atoms with Crippen LogP contribution in [0.2, 0.25) is 0 Å². The molecule has 5 heteroatoms. The van der Waals surface area contributed by atoms with Crippen molar-refractivity contribution in [2.24, 2.45) is 5.73 Å². The summed E-state index contributed by atoms with van der Waals surface area (Å²) in [7, 11) is 0. The quantitative estimate of drug-likeness (QED) is 0.755. The summed E-state index contributed by atoms with van der Waals surface area (Å²) in [5.41, 5.74) is 5.02. The highest BCUT2D eigenvalue weighted by atomic mass is 19.1. The molecule has 76 valence electrons. The van der Waals surface area contributed by atoms with Gasteiger partial charge in [0.25, 0.3) is 0 Å². The number of carboxylic acids is 1. The molecule has 0 saturated carbocycles. The van der Waals surface area contributed by atoms with Gasteiger partial charge in [0.15, 0.2) is 0 Å². The van der Waals surface area contributed by atoms with E-state index in [4.69, 9.17) is 10.8 Å². The number of rotatable bonds is 3. The summed E-state index contributed by atoms with van der Waals surface area (Å²) in [6.07, 6.45) is 0.772. The van der Waals surface area contributed by atoms with Gasteiger partial charge in [-0.25, -0.2) is 4.39 Å². The van der Waals surface area contributed by atoms with E-state index in [1.165, 1.54) is 12.1 Å². The minimum absolute atomic E-state index is 0.244. The zero-order valence-corrected chi connectivity index (χ0v) is 7.70. The van der Waals surface area contributed by atoms with Gasteiger partial charge in [0, 0.05) is 0 Å². The van der Waals surface area contributed by atoms with Crippen LogP contribution in [0.3, 0.4) is 0 Å². The molecule has 0 spiro atoms. The number of aliphatic carboxylic acids is 1. The monoisotopic (exact) mass is 198 g/mol. The van der Waals surface area contributed by atoms with Gasteiger partial charge in [-0.1, -0.05) is 0 Å². The molecule has 1 aromatic rings. The third-order valence-electron chi connectivity index (χ3n) is 1.83. The molecular formula is C9H11FN2O2. The van der Waals surface area contributed by atoms with Gasteiger partial charge < -0.3 is 10.8 Å². The number of aromatic nitrogens is 1. The van der Waals surface area contributed by atoms with Gasteiger partial charge in [-0.05, 0) is 19.1 Å². The van der Waals surface area contributed by atoms with Crippen LogP contribution in [-0.4, -0.2) is 16.1 Å². The summed E-state index contributed by atoms with van der Waals surface area (Å²) >= 11 is 0. The van der Waals surface area contributed by atoms with Crippen LogP contribution in [0, 0.1) is 5.82 Å². The van der Waals surface area contributed by atoms with Crippen molar-refractivity contribution < 1.29 is 14.3 Å². The molecule has 0 radical (unpaired) electrons. The largest absolute Gasteiger partial charge is 0.481 e. The Hall–Kier alpha value is -1.49. The van der Waals surface area contributed by atoms with Crippen molar-refractivity contribution in [3.05, 3.63) is 29.8 Å². The molecule has 1 atom stereocenters. The topological polar surface area (TPSA) is 76.2 Å². The molecule has 0 amide bonds. The fraction of sp³-hybridized carbons (Fsp3) is 0.333. The number of hydrogen-bond donors (Lipinski definition) is 2. The lowest BCUT2D eigenvalue weighted by atomic mass is 9.94. The molecular weight excluding hydrogens is 187 g/mol. The highest BCUT2D eigenvalue weighted by Crippen LogP contribution is 2.19. The molecule has 0 fully saturated rings. The van der Waals surface area contributed by atoms with Gasteiger partial charge in [0.2, 0.25) is 0 Å². The van der Waals surface area contributed by atoms with Gasteiger partial charge >= 0.3 is 5.97 Å². The lowest BCUT2D eigenvalue weighted by Crippen LogP contribution is -2.36. The van der Waals surface area contributed by atoms with Crippen molar-refractivity contribution in [1.82, 2.24) is 4.98 Å². The normalized spacial score (nSPS) is 14.8. The van der Waals surface area contributed by atoms with Gasteiger partial charge in [-0.3, -0.25) is 9.78 Å². The Bertz CT molecular complexity index is 335. The number of nitrogens with zero attached hydrogens (tertiary/aromatic N) is 1. The van der Waals surface area contributed by atoms with Crippen molar-refractivity contribution >= 4 is 5.97 Å². The van der Waals surface area contributed by atoms with E-state index in [1.54, 1.807) is 6.92 Å². The lowest BCUT2D eigenvalue weighted by Gasteiger charge is -2.21. The number of hydrogen-bond acceptors (Lipinski definition) is 3. The Labute approximate surface area is 80.6 Å². The van der Waals surface area contributed by atoms with Crippen LogP contribution in [0.4, 0.5) is 4.39 Å². The molecule has 0 bridgehead atoms. The molecule has 14 heavy (non-hydrogen) atoms. The Morgan fingerprint density at radius 1 is 1.71 bits per heavy atom. The van der Waals surface area contributed by atoms with E-state index in [0.29, 0.717) is 5.69 Å². The van der Waals surface area contributed by atoms with E-state index in [0.717, 1.165) is 6.20 Å². The SMILES string of the molecule is C[C@](N)(CC(=O)O)c1ccc(F)cn1. The maximum atomic E-state index is 12.5. The third-order valence-corrected chi connectivity index (χ3v) is 1.83. The number of carboxylic acid groups (broad SMARTS) is 1. The summed E-state index contributed by atoms with van der Waals surface area (Å²) in [5, 5.41) is 8.58. The fourth-order valence-corrected chi connectivity index (χ4v) is 1.12. The Morgan fingerprint density at radius 3 is 2.79 bits per heavy atom. The third kappa shape index (κ3) is 2.50. The van der Waals surface area contributed by atoms with Crippen LogP contribution in [0.5, 0.6) is 0 Å². The summed E-state index contributed by atoms with van der Waals surface area (Å²) in [4.78, 5) is 14.2. The summed E-state index contributed by atoms with van der Waals surface area (Å²) in [6.45, 7) is 1.54. The number of carbonyl (C=O) groups is 1. The number of halogens is 1. The second-order valence-electron chi connectivity index (χ2n) is 3.35. The van der Waals surface area contributed by atoms with Crippen molar-refractivity contribution in [3.63, 3.8) is 0 Å². The molecule has 1 aromatic heterocycles. The van der Waals surface area contributed by atoms with E-state index in [9.17, 15) is 9.18 Å². The Balaban J connectivity index is 2.91.